The lowest BCUT2D eigenvalue weighted by molar-refractivity contribution is 0.164. The first kappa shape index (κ1) is 21.2. The number of para-hydroxylation sites is 1. The van der Waals surface area contributed by atoms with Gasteiger partial charge >= 0.3 is 0 Å². The van der Waals surface area contributed by atoms with Crippen LogP contribution in [0.2, 0.25) is 0 Å². The summed E-state index contributed by atoms with van der Waals surface area (Å²) in [5.74, 6) is 0.794. The largest absolute Gasteiger partial charge is 0.489 e. The second-order valence-corrected chi connectivity index (χ2v) is 8.26. The maximum atomic E-state index is 9.89. The van der Waals surface area contributed by atoms with Gasteiger partial charge in [-0.25, -0.2) is 4.98 Å². The van der Waals surface area contributed by atoms with E-state index < -0.39 is 6.10 Å². The quantitative estimate of drug-likeness (QED) is 0.369. The minimum Gasteiger partial charge on any atom is -0.489 e. The number of fused-ring (bicyclic) bond motifs is 1. The molecular weight excluding hydrogens is 392 g/mol. The second kappa shape index (κ2) is 8.58. The van der Waals surface area contributed by atoms with Gasteiger partial charge in [0.25, 0.3) is 0 Å². The normalized spacial score (nSPS) is 19.3. The Kier molecular flexibility index (Phi) is 5.86. The Bertz CT molecular complexity index is 1160. The third kappa shape index (κ3) is 4.51. The molecule has 2 aromatic heterocycles. The van der Waals surface area contributed by atoms with Crippen molar-refractivity contribution in [1.29, 1.82) is 10.8 Å². The van der Waals surface area contributed by atoms with Crippen molar-refractivity contribution in [2.75, 3.05) is 13.1 Å². The van der Waals surface area contributed by atoms with Gasteiger partial charge in [-0.3, -0.25) is 20.3 Å². The minimum atomic E-state index is -0.523. The molecule has 1 saturated heterocycles. The van der Waals surface area contributed by atoms with Gasteiger partial charge in [0.05, 0.1) is 12.2 Å². The molecule has 0 amide bonds. The fourth-order valence-electron chi connectivity index (χ4n) is 3.83. The summed E-state index contributed by atoms with van der Waals surface area (Å²) in [6, 6.07) is 12.8. The number of hydrogen-bond acceptors (Lipinski definition) is 7. The van der Waals surface area contributed by atoms with Gasteiger partial charge in [0, 0.05) is 37.3 Å². The van der Waals surface area contributed by atoms with E-state index in [0.717, 1.165) is 10.9 Å². The van der Waals surface area contributed by atoms with Gasteiger partial charge in [0.15, 0.2) is 5.84 Å². The Morgan fingerprint density at radius 3 is 2.74 bits per heavy atom. The van der Waals surface area contributed by atoms with E-state index >= 15 is 0 Å². The van der Waals surface area contributed by atoms with E-state index in [1.54, 1.807) is 18.3 Å². The highest BCUT2D eigenvalue weighted by molar-refractivity contribution is 5.98. The van der Waals surface area contributed by atoms with Crippen molar-refractivity contribution < 1.29 is 9.84 Å². The van der Waals surface area contributed by atoms with Crippen LogP contribution in [0.5, 0.6) is 5.75 Å². The van der Waals surface area contributed by atoms with E-state index in [9.17, 15) is 5.11 Å². The summed E-state index contributed by atoms with van der Waals surface area (Å²) in [6.45, 7) is 5.66. The maximum absolute atomic E-state index is 9.89. The van der Waals surface area contributed by atoms with Crippen LogP contribution >= 0.6 is 0 Å². The van der Waals surface area contributed by atoms with E-state index in [1.807, 2.05) is 44.2 Å². The predicted molar refractivity (Wildman–Crippen MR) is 119 cm³/mol. The lowest BCUT2D eigenvalue weighted by Crippen LogP contribution is -2.32. The first-order chi connectivity index (χ1) is 14.8. The van der Waals surface area contributed by atoms with Crippen molar-refractivity contribution in [3.05, 3.63) is 65.4 Å². The van der Waals surface area contributed by atoms with E-state index in [2.05, 4.69) is 9.88 Å². The highest BCUT2D eigenvalue weighted by atomic mass is 16.5. The molecule has 0 aliphatic carbocycles. The summed E-state index contributed by atoms with van der Waals surface area (Å²) in [5, 5.41) is 27.8. The standard InChI is InChI=1S/C23H28N6O2/c1-14(2)31-20-5-3-4-16-7-8-18(27-22(16)20)23(26)29-11-15(6-9-21(29)25)10-28-12-17(24)19(30)13-28/h3-9,11,14,17,19,25-26,30H,10,12-13,24H2,1-2H3. The van der Waals surface area contributed by atoms with Gasteiger partial charge in [-0.15, -0.1) is 0 Å². The van der Waals surface area contributed by atoms with Crippen molar-refractivity contribution in [1.82, 2.24) is 14.5 Å². The number of likely N-dealkylation sites (tertiary alicyclic amines) is 1. The number of rotatable bonds is 5. The summed E-state index contributed by atoms with van der Waals surface area (Å²) >= 11 is 0. The van der Waals surface area contributed by atoms with Crippen LogP contribution in [0.4, 0.5) is 0 Å². The van der Waals surface area contributed by atoms with Crippen molar-refractivity contribution in [3.8, 4) is 5.75 Å². The number of benzene rings is 1. The Morgan fingerprint density at radius 1 is 1.23 bits per heavy atom. The maximum Gasteiger partial charge on any atom is 0.156 e. The Hall–Kier alpha value is -3.07. The minimum absolute atomic E-state index is 0.0126. The van der Waals surface area contributed by atoms with E-state index in [0.29, 0.717) is 36.6 Å². The predicted octanol–water partition coefficient (Wildman–Crippen LogP) is 1.68. The van der Waals surface area contributed by atoms with Crippen LogP contribution in [-0.4, -0.2) is 56.7 Å². The van der Waals surface area contributed by atoms with Crippen molar-refractivity contribution in [2.45, 2.75) is 38.6 Å². The molecular formula is C23H28N6O2. The lowest BCUT2D eigenvalue weighted by atomic mass is 10.1. The number of nitrogens with two attached hydrogens (primary N) is 1. The molecule has 4 rings (SSSR count). The zero-order valence-electron chi connectivity index (χ0n) is 17.7. The van der Waals surface area contributed by atoms with Crippen LogP contribution < -0.4 is 16.0 Å². The topological polar surface area (TPSA) is 124 Å². The number of hydrogen-bond donors (Lipinski definition) is 4. The van der Waals surface area contributed by atoms with E-state index in [4.69, 9.17) is 21.3 Å². The molecule has 8 nitrogen and oxygen atoms in total. The fourth-order valence-corrected chi connectivity index (χ4v) is 3.83. The lowest BCUT2D eigenvalue weighted by Gasteiger charge is -2.17. The van der Waals surface area contributed by atoms with Gasteiger partial charge in [0.1, 0.15) is 22.4 Å². The van der Waals surface area contributed by atoms with Crippen molar-refractivity contribution >= 4 is 16.7 Å². The molecule has 5 N–H and O–H groups in total. The van der Waals surface area contributed by atoms with Gasteiger partial charge in [-0.2, -0.15) is 0 Å². The molecule has 31 heavy (non-hydrogen) atoms. The van der Waals surface area contributed by atoms with E-state index in [-0.39, 0.29) is 23.5 Å². The van der Waals surface area contributed by atoms with Crippen molar-refractivity contribution in [2.24, 2.45) is 5.73 Å². The van der Waals surface area contributed by atoms with Crippen LogP contribution in [0.3, 0.4) is 0 Å². The molecule has 2 unspecified atom stereocenters. The molecule has 1 aromatic carbocycles. The molecule has 0 radical (unpaired) electrons. The molecule has 3 aromatic rings. The number of nitrogens with one attached hydrogen (secondary N) is 2. The Morgan fingerprint density at radius 2 is 2.03 bits per heavy atom. The molecule has 1 aliphatic heterocycles. The molecule has 8 heteroatoms. The Balaban J connectivity index is 1.64. The molecule has 162 valence electrons. The first-order valence-electron chi connectivity index (χ1n) is 10.4. The number of nitrogens with zero attached hydrogens (tertiary/aromatic N) is 3. The van der Waals surface area contributed by atoms with Crippen molar-refractivity contribution in [3.63, 3.8) is 0 Å². The summed E-state index contributed by atoms with van der Waals surface area (Å²) in [5.41, 5.74) is 8.20. The summed E-state index contributed by atoms with van der Waals surface area (Å²) < 4.78 is 7.41. The highest BCUT2D eigenvalue weighted by Crippen LogP contribution is 2.25. The number of ether oxygens (including phenoxy) is 1. The summed E-state index contributed by atoms with van der Waals surface area (Å²) in [6.07, 6.45) is 1.27. The zero-order chi connectivity index (χ0) is 22.1. The number of aliphatic hydroxyl groups is 1. The average Bonchev–Trinajstić information content (AvgIpc) is 3.05. The fraction of sp³-hybridized carbons (Fsp3) is 0.348. The van der Waals surface area contributed by atoms with Crippen LogP contribution in [0.25, 0.3) is 10.9 Å². The van der Waals surface area contributed by atoms with Crippen LogP contribution in [-0.2, 0) is 6.54 Å². The molecule has 1 fully saturated rings. The van der Waals surface area contributed by atoms with Crippen LogP contribution in [0, 0.1) is 10.8 Å². The number of aromatic nitrogens is 2. The zero-order valence-corrected chi connectivity index (χ0v) is 17.7. The van der Waals surface area contributed by atoms with Gasteiger partial charge < -0.3 is 15.6 Å². The average molecular weight is 421 g/mol. The molecule has 0 saturated carbocycles. The van der Waals surface area contributed by atoms with Crippen LogP contribution in [0.15, 0.2) is 48.7 Å². The summed E-state index contributed by atoms with van der Waals surface area (Å²) in [7, 11) is 0. The smallest absolute Gasteiger partial charge is 0.156 e. The third-order valence-electron chi connectivity index (χ3n) is 5.35. The number of aliphatic hydroxyl groups excluding tert-OH is 1. The number of β-amino-alcohol motifs (C(OH)–C–C–N with tert-alkyl or cyclic N) is 1. The van der Waals surface area contributed by atoms with E-state index in [1.165, 1.54) is 4.57 Å². The molecule has 0 bridgehead atoms. The first-order valence-corrected chi connectivity index (χ1v) is 10.4. The summed E-state index contributed by atoms with van der Waals surface area (Å²) in [4.78, 5) is 6.76. The third-order valence-corrected chi connectivity index (χ3v) is 5.35. The molecule has 2 atom stereocenters. The molecule has 3 heterocycles. The Labute approximate surface area is 180 Å². The highest BCUT2D eigenvalue weighted by Gasteiger charge is 2.28. The van der Waals surface area contributed by atoms with Gasteiger partial charge in [0.2, 0.25) is 0 Å². The molecule has 1 aliphatic rings. The molecule has 0 spiro atoms. The second-order valence-electron chi connectivity index (χ2n) is 8.26. The number of pyridine rings is 2. The van der Waals surface area contributed by atoms with Gasteiger partial charge in [-0.05, 0) is 37.6 Å². The monoisotopic (exact) mass is 420 g/mol. The van der Waals surface area contributed by atoms with Gasteiger partial charge in [-0.1, -0.05) is 24.3 Å². The van der Waals surface area contributed by atoms with Crippen LogP contribution in [0.1, 0.15) is 25.1 Å². The SMILES string of the molecule is CC(C)Oc1cccc2ccc(C(=N)n3cc(CN4CC(N)C(O)C4)ccc3=N)nc12.